The third kappa shape index (κ3) is 16.9. The van der Waals surface area contributed by atoms with Crippen LogP contribution in [0.3, 0.4) is 0 Å². The molecule has 34 heavy (non-hydrogen) atoms. The van der Waals surface area contributed by atoms with Crippen molar-refractivity contribution in [3.8, 4) is 0 Å². The molecule has 0 heterocycles. The van der Waals surface area contributed by atoms with Crippen molar-refractivity contribution in [2.24, 2.45) is 11.8 Å². The average Bonchev–Trinajstić information content (AvgIpc) is 2.81. The first-order valence-electron chi connectivity index (χ1n) is 12.9. The Bertz CT molecular complexity index is 739. The highest BCUT2D eigenvalue weighted by Crippen LogP contribution is 2.22. The van der Waals surface area contributed by atoms with Gasteiger partial charge in [-0.1, -0.05) is 88.5 Å². The molecule has 0 aliphatic heterocycles. The highest BCUT2D eigenvalue weighted by Gasteiger charge is 2.18. The van der Waals surface area contributed by atoms with Crippen molar-refractivity contribution >= 4 is 11.8 Å². The molecule has 0 radical (unpaired) electrons. The molecule has 0 saturated heterocycles. The van der Waals surface area contributed by atoms with Crippen molar-refractivity contribution < 1.29 is 9.59 Å². The van der Waals surface area contributed by atoms with E-state index in [2.05, 4.69) is 55.7 Å². The molecule has 2 amide bonds. The van der Waals surface area contributed by atoms with Gasteiger partial charge in [-0.15, -0.1) is 0 Å². The van der Waals surface area contributed by atoms with Crippen LogP contribution >= 0.6 is 0 Å². The van der Waals surface area contributed by atoms with Crippen LogP contribution in [0.4, 0.5) is 0 Å². The van der Waals surface area contributed by atoms with Crippen molar-refractivity contribution in [2.75, 3.05) is 6.54 Å². The molecule has 2 unspecified atom stereocenters. The first-order valence-corrected chi connectivity index (χ1v) is 12.9. The highest BCUT2D eigenvalue weighted by atomic mass is 16.2. The van der Waals surface area contributed by atoms with E-state index in [9.17, 15) is 9.59 Å². The lowest BCUT2D eigenvalue weighted by atomic mass is 9.90. The molecule has 0 bridgehead atoms. The molecular formula is C30H48N2O2. The van der Waals surface area contributed by atoms with Gasteiger partial charge in [0, 0.05) is 24.2 Å². The van der Waals surface area contributed by atoms with Gasteiger partial charge in [-0.3, -0.25) is 9.59 Å². The first kappa shape index (κ1) is 31.4. The summed E-state index contributed by atoms with van der Waals surface area (Å²) in [5.41, 5.74) is 0.899. The Morgan fingerprint density at radius 1 is 0.853 bits per heavy atom. The highest BCUT2D eigenvalue weighted by molar-refractivity contribution is 5.93. The SMILES string of the molecule is CC=CC=CCCCC=C(C(=O)NCC(C)C)C(CC)CC=CC=CC=CC(=O)NC(C)CC. The molecule has 0 aromatic heterocycles. The van der Waals surface area contributed by atoms with Gasteiger partial charge in [-0.05, 0) is 64.2 Å². The molecule has 0 spiro atoms. The summed E-state index contributed by atoms with van der Waals surface area (Å²) in [6, 6.07) is 0.182. The summed E-state index contributed by atoms with van der Waals surface area (Å²) in [6.45, 7) is 13.1. The van der Waals surface area contributed by atoms with Gasteiger partial charge in [0.1, 0.15) is 0 Å². The number of amides is 2. The Hall–Kier alpha value is -2.62. The normalized spacial score (nSPS) is 14.9. The van der Waals surface area contributed by atoms with Crippen molar-refractivity contribution in [3.63, 3.8) is 0 Å². The van der Waals surface area contributed by atoms with E-state index in [4.69, 9.17) is 0 Å². The minimum atomic E-state index is -0.0754. The second kappa shape index (κ2) is 20.9. The van der Waals surface area contributed by atoms with E-state index in [0.717, 1.165) is 44.1 Å². The van der Waals surface area contributed by atoms with Crippen LogP contribution < -0.4 is 10.6 Å². The second-order valence-electron chi connectivity index (χ2n) is 8.98. The molecule has 0 aliphatic carbocycles. The smallest absolute Gasteiger partial charge is 0.247 e. The maximum atomic E-state index is 12.9. The van der Waals surface area contributed by atoms with Crippen LogP contribution in [-0.2, 0) is 9.59 Å². The van der Waals surface area contributed by atoms with Gasteiger partial charge in [0.2, 0.25) is 11.8 Å². The number of hydrogen-bond donors (Lipinski definition) is 2. The molecule has 0 fully saturated rings. The zero-order chi connectivity index (χ0) is 25.6. The number of rotatable bonds is 17. The van der Waals surface area contributed by atoms with Crippen molar-refractivity contribution in [1.29, 1.82) is 0 Å². The summed E-state index contributed by atoms with van der Waals surface area (Å²) in [4.78, 5) is 24.6. The summed E-state index contributed by atoms with van der Waals surface area (Å²) in [6.07, 6.45) is 27.1. The molecule has 0 aliphatic rings. The summed E-state index contributed by atoms with van der Waals surface area (Å²) in [7, 11) is 0. The van der Waals surface area contributed by atoms with Crippen LogP contribution in [0.25, 0.3) is 0 Å². The summed E-state index contributed by atoms with van der Waals surface area (Å²) < 4.78 is 0. The predicted octanol–water partition coefficient (Wildman–Crippen LogP) is 6.99. The molecule has 190 valence electrons. The Morgan fingerprint density at radius 2 is 1.56 bits per heavy atom. The fourth-order valence-corrected chi connectivity index (χ4v) is 3.12. The molecule has 4 heteroatoms. The van der Waals surface area contributed by atoms with Crippen LogP contribution in [0.1, 0.15) is 80.1 Å². The van der Waals surface area contributed by atoms with E-state index in [0.29, 0.717) is 12.5 Å². The third-order valence-corrected chi connectivity index (χ3v) is 5.38. The monoisotopic (exact) mass is 468 g/mol. The van der Waals surface area contributed by atoms with E-state index in [-0.39, 0.29) is 23.8 Å². The van der Waals surface area contributed by atoms with Crippen LogP contribution in [0.15, 0.2) is 72.4 Å². The molecule has 4 nitrogen and oxygen atoms in total. The lowest BCUT2D eigenvalue weighted by Gasteiger charge is -2.18. The molecule has 0 aromatic carbocycles. The van der Waals surface area contributed by atoms with Crippen LogP contribution in [0, 0.1) is 11.8 Å². The van der Waals surface area contributed by atoms with E-state index < -0.39 is 0 Å². The standard InChI is InChI=1S/C30H48N2O2/c1-7-10-11-12-13-16-19-22-28(30(34)31-24-25(4)5)27(9-3)21-18-15-14-17-20-23-29(33)32-26(6)8-2/h7,10-12,14-15,17-18,20,22-23,25-27H,8-9,13,16,19,21,24H2,1-6H3,(H,31,34)(H,32,33). The van der Waals surface area contributed by atoms with Gasteiger partial charge >= 0.3 is 0 Å². The fraction of sp³-hybridized carbons (Fsp3) is 0.533. The van der Waals surface area contributed by atoms with E-state index in [1.54, 1.807) is 12.2 Å². The number of unbranched alkanes of at least 4 members (excludes halogenated alkanes) is 2. The summed E-state index contributed by atoms with van der Waals surface area (Å²) in [5, 5.41) is 6.00. The third-order valence-electron chi connectivity index (χ3n) is 5.38. The first-order chi connectivity index (χ1) is 16.3. The average molecular weight is 469 g/mol. The van der Waals surface area contributed by atoms with Crippen LogP contribution in [0.5, 0.6) is 0 Å². The number of hydrogen-bond acceptors (Lipinski definition) is 2. The van der Waals surface area contributed by atoms with E-state index in [1.807, 2.05) is 51.2 Å². The lowest BCUT2D eigenvalue weighted by molar-refractivity contribution is -0.118. The minimum Gasteiger partial charge on any atom is -0.352 e. The van der Waals surface area contributed by atoms with Gasteiger partial charge < -0.3 is 10.6 Å². The van der Waals surface area contributed by atoms with Gasteiger partial charge in [-0.25, -0.2) is 0 Å². The Labute approximate surface area is 209 Å². The van der Waals surface area contributed by atoms with Gasteiger partial charge in [-0.2, -0.15) is 0 Å². The number of carbonyl (C=O) groups excluding carboxylic acids is 2. The van der Waals surface area contributed by atoms with Crippen LogP contribution in [0.2, 0.25) is 0 Å². The number of nitrogens with one attached hydrogen (secondary N) is 2. The topological polar surface area (TPSA) is 58.2 Å². The molecule has 2 N–H and O–H groups in total. The largest absolute Gasteiger partial charge is 0.352 e. The summed E-state index contributed by atoms with van der Waals surface area (Å²) in [5.74, 6) is 0.595. The Kier molecular flexibility index (Phi) is 19.3. The molecular weight excluding hydrogens is 420 g/mol. The van der Waals surface area contributed by atoms with Gasteiger partial charge in [0.15, 0.2) is 0 Å². The Morgan fingerprint density at radius 3 is 2.21 bits per heavy atom. The maximum absolute atomic E-state index is 12.9. The second-order valence-corrected chi connectivity index (χ2v) is 8.98. The zero-order valence-electron chi connectivity index (χ0n) is 22.3. The van der Waals surface area contributed by atoms with E-state index >= 15 is 0 Å². The number of carbonyl (C=O) groups is 2. The maximum Gasteiger partial charge on any atom is 0.247 e. The molecule has 2 atom stereocenters. The van der Waals surface area contributed by atoms with E-state index in [1.165, 1.54) is 0 Å². The Balaban J connectivity index is 4.97. The quantitative estimate of drug-likeness (QED) is 0.137. The van der Waals surface area contributed by atoms with Crippen molar-refractivity contribution in [1.82, 2.24) is 10.6 Å². The van der Waals surface area contributed by atoms with Gasteiger partial charge in [0.05, 0.1) is 0 Å². The molecule has 0 aromatic rings. The molecule has 0 rings (SSSR count). The van der Waals surface area contributed by atoms with Gasteiger partial charge in [0.25, 0.3) is 0 Å². The van der Waals surface area contributed by atoms with Crippen molar-refractivity contribution in [2.45, 2.75) is 86.1 Å². The fourth-order valence-electron chi connectivity index (χ4n) is 3.12. The molecule has 0 saturated carbocycles. The van der Waals surface area contributed by atoms with Crippen LogP contribution in [-0.4, -0.2) is 24.4 Å². The lowest BCUT2D eigenvalue weighted by Crippen LogP contribution is -2.31. The number of allylic oxidation sites excluding steroid dienone is 10. The van der Waals surface area contributed by atoms with Crippen molar-refractivity contribution in [3.05, 3.63) is 72.4 Å². The predicted molar refractivity (Wildman–Crippen MR) is 147 cm³/mol. The summed E-state index contributed by atoms with van der Waals surface area (Å²) >= 11 is 0. The minimum absolute atomic E-state index is 0.0594. The zero-order valence-corrected chi connectivity index (χ0v) is 22.3.